The van der Waals surface area contributed by atoms with Gasteiger partial charge in [-0.3, -0.25) is 14.4 Å². The Morgan fingerprint density at radius 1 is 0.947 bits per heavy atom. The number of rotatable bonds is 11. The summed E-state index contributed by atoms with van der Waals surface area (Å²) in [5, 5.41) is 9.41. The number of ether oxygens (including phenoxy) is 2. The molecule has 3 aromatic carbocycles. The smallest absolute Gasteiger partial charge is 0.262 e. The molecule has 38 heavy (non-hydrogen) atoms. The average Bonchev–Trinajstić information content (AvgIpc) is 2.87. The van der Waals surface area contributed by atoms with Crippen LogP contribution in [0.3, 0.4) is 0 Å². The van der Waals surface area contributed by atoms with Crippen LogP contribution in [0.25, 0.3) is 0 Å². The second-order valence-electron chi connectivity index (χ2n) is 7.94. The standard InChI is InChI=1S/C27H26ClFN4O5/c1-3-37-24-12-18(9-11-23(24)38-16-27(36)32-22-7-5-4-6-21(22)29)15-30-33-26(35)14-25(34)31-19-10-8-17(2)20(28)13-19/h4-13,15H,3,14,16H2,1-2H3,(H,31,34)(H,32,36)(H,33,35). The number of para-hydroxylation sites is 1. The molecule has 3 N–H and O–H groups in total. The fourth-order valence-corrected chi connectivity index (χ4v) is 3.31. The summed E-state index contributed by atoms with van der Waals surface area (Å²) in [5.74, 6) is -1.58. The molecule has 0 aromatic heterocycles. The largest absolute Gasteiger partial charge is 0.490 e. The van der Waals surface area contributed by atoms with Crippen LogP contribution >= 0.6 is 11.6 Å². The quantitative estimate of drug-likeness (QED) is 0.185. The van der Waals surface area contributed by atoms with Crippen LogP contribution in [-0.4, -0.2) is 37.1 Å². The Bertz CT molecular complexity index is 1350. The summed E-state index contributed by atoms with van der Waals surface area (Å²) in [5.41, 5.74) is 4.26. The Hall–Kier alpha value is -4.44. The third-order valence-electron chi connectivity index (χ3n) is 4.95. The van der Waals surface area contributed by atoms with Gasteiger partial charge in [0, 0.05) is 10.7 Å². The van der Waals surface area contributed by atoms with Crippen LogP contribution < -0.4 is 25.5 Å². The fraction of sp³-hybridized carbons (Fsp3) is 0.185. The molecule has 0 saturated heterocycles. The number of hydrazone groups is 1. The van der Waals surface area contributed by atoms with Crippen LogP contribution in [0.1, 0.15) is 24.5 Å². The van der Waals surface area contributed by atoms with Gasteiger partial charge in [0.05, 0.1) is 18.5 Å². The lowest BCUT2D eigenvalue weighted by atomic mass is 10.2. The second-order valence-corrected chi connectivity index (χ2v) is 8.35. The van der Waals surface area contributed by atoms with E-state index in [0.717, 1.165) is 5.56 Å². The van der Waals surface area contributed by atoms with Crippen molar-refractivity contribution >= 4 is 46.9 Å². The maximum atomic E-state index is 13.7. The first-order valence-electron chi connectivity index (χ1n) is 11.6. The van der Waals surface area contributed by atoms with Gasteiger partial charge in [-0.05, 0) is 67.4 Å². The van der Waals surface area contributed by atoms with Crippen molar-refractivity contribution in [3.05, 3.63) is 82.6 Å². The number of hydrogen-bond acceptors (Lipinski definition) is 6. The number of carbonyl (C=O) groups excluding carboxylic acids is 3. The molecule has 0 aliphatic carbocycles. The van der Waals surface area contributed by atoms with E-state index in [9.17, 15) is 18.8 Å². The van der Waals surface area contributed by atoms with Crippen LogP contribution in [0.15, 0.2) is 65.8 Å². The van der Waals surface area contributed by atoms with Gasteiger partial charge in [-0.2, -0.15) is 5.10 Å². The third-order valence-corrected chi connectivity index (χ3v) is 5.36. The molecule has 0 saturated carbocycles. The highest BCUT2D eigenvalue weighted by molar-refractivity contribution is 6.31. The van der Waals surface area contributed by atoms with E-state index in [1.807, 2.05) is 6.92 Å². The molecule has 0 heterocycles. The summed E-state index contributed by atoms with van der Waals surface area (Å²) < 4.78 is 24.8. The third kappa shape index (κ3) is 8.59. The number of carbonyl (C=O) groups is 3. The van der Waals surface area contributed by atoms with Crippen molar-refractivity contribution in [2.75, 3.05) is 23.8 Å². The zero-order valence-corrected chi connectivity index (χ0v) is 21.5. The molecule has 0 aliphatic rings. The maximum absolute atomic E-state index is 13.7. The zero-order chi connectivity index (χ0) is 27.5. The first-order chi connectivity index (χ1) is 18.2. The Morgan fingerprint density at radius 2 is 1.74 bits per heavy atom. The van der Waals surface area contributed by atoms with Crippen LogP contribution in [0.5, 0.6) is 11.5 Å². The summed E-state index contributed by atoms with van der Waals surface area (Å²) in [6.07, 6.45) is 0.932. The van der Waals surface area contributed by atoms with Gasteiger partial charge in [-0.15, -0.1) is 0 Å². The van der Waals surface area contributed by atoms with Gasteiger partial charge in [0.15, 0.2) is 18.1 Å². The van der Waals surface area contributed by atoms with Gasteiger partial charge in [-0.1, -0.05) is 29.8 Å². The van der Waals surface area contributed by atoms with Crippen molar-refractivity contribution in [2.45, 2.75) is 20.3 Å². The monoisotopic (exact) mass is 540 g/mol. The van der Waals surface area contributed by atoms with E-state index >= 15 is 0 Å². The molecule has 0 bridgehead atoms. The van der Waals surface area contributed by atoms with Crippen molar-refractivity contribution in [3.63, 3.8) is 0 Å². The average molecular weight is 541 g/mol. The van der Waals surface area contributed by atoms with Gasteiger partial charge in [0.25, 0.3) is 5.91 Å². The van der Waals surface area contributed by atoms with Gasteiger partial charge in [0.1, 0.15) is 12.2 Å². The van der Waals surface area contributed by atoms with E-state index in [4.69, 9.17) is 21.1 Å². The lowest BCUT2D eigenvalue weighted by molar-refractivity contribution is -0.126. The SMILES string of the molecule is CCOc1cc(C=NNC(=O)CC(=O)Nc2ccc(C)c(Cl)c2)ccc1OCC(=O)Nc1ccccc1F. The van der Waals surface area contributed by atoms with Crippen molar-refractivity contribution in [1.29, 1.82) is 0 Å². The summed E-state index contributed by atoms with van der Waals surface area (Å²) in [7, 11) is 0. The van der Waals surface area contributed by atoms with E-state index in [2.05, 4.69) is 21.2 Å². The van der Waals surface area contributed by atoms with Gasteiger partial charge in [0.2, 0.25) is 11.8 Å². The Kier molecular flexibility index (Phi) is 10.2. The fourth-order valence-electron chi connectivity index (χ4n) is 3.12. The molecule has 0 aliphatic heterocycles. The number of amides is 3. The summed E-state index contributed by atoms with van der Waals surface area (Å²) in [6, 6.07) is 15.7. The lowest BCUT2D eigenvalue weighted by Gasteiger charge is -2.13. The van der Waals surface area contributed by atoms with Gasteiger partial charge >= 0.3 is 0 Å². The molecular weight excluding hydrogens is 515 g/mol. The highest BCUT2D eigenvalue weighted by Gasteiger charge is 2.12. The minimum absolute atomic E-state index is 0.0526. The van der Waals surface area contributed by atoms with Crippen molar-refractivity contribution in [3.8, 4) is 11.5 Å². The van der Waals surface area contributed by atoms with E-state index in [0.29, 0.717) is 34.4 Å². The molecule has 0 atom stereocenters. The van der Waals surface area contributed by atoms with Crippen molar-refractivity contribution < 1.29 is 28.2 Å². The molecule has 0 fully saturated rings. The maximum Gasteiger partial charge on any atom is 0.262 e. The van der Waals surface area contributed by atoms with Crippen LogP contribution in [0.4, 0.5) is 15.8 Å². The number of benzene rings is 3. The predicted octanol–water partition coefficient (Wildman–Crippen LogP) is 4.68. The Balaban J connectivity index is 1.52. The number of halogens is 2. The van der Waals surface area contributed by atoms with Gasteiger partial charge in [-0.25, -0.2) is 9.82 Å². The summed E-state index contributed by atoms with van der Waals surface area (Å²) >= 11 is 6.04. The second kappa shape index (κ2) is 13.8. The van der Waals surface area contributed by atoms with Crippen molar-refractivity contribution in [2.24, 2.45) is 5.10 Å². The highest BCUT2D eigenvalue weighted by atomic mass is 35.5. The molecule has 3 aromatic rings. The molecule has 11 heteroatoms. The number of nitrogens with zero attached hydrogens (tertiary/aromatic N) is 1. The van der Waals surface area contributed by atoms with Crippen LogP contribution in [-0.2, 0) is 14.4 Å². The van der Waals surface area contributed by atoms with Crippen LogP contribution in [0.2, 0.25) is 5.02 Å². The van der Waals surface area contributed by atoms with E-state index < -0.39 is 30.0 Å². The van der Waals surface area contributed by atoms with Crippen LogP contribution in [0, 0.1) is 12.7 Å². The normalized spacial score (nSPS) is 10.6. The lowest BCUT2D eigenvalue weighted by Crippen LogP contribution is -2.24. The first-order valence-corrected chi connectivity index (χ1v) is 11.9. The molecule has 3 rings (SSSR count). The summed E-state index contributed by atoms with van der Waals surface area (Å²) in [6.45, 7) is 3.59. The minimum Gasteiger partial charge on any atom is -0.490 e. The number of anilines is 2. The first kappa shape index (κ1) is 28.1. The minimum atomic E-state index is -0.609. The van der Waals surface area contributed by atoms with Gasteiger partial charge < -0.3 is 20.1 Å². The van der Waals surface area contributed by atoms with E-state index in [-0.39, 0.29) is 12.3 Å². The molecule has 0 radical (unpaired) electrons. The Morgan fingerprint density at radius 3 is 2.47 bits per heavy atom. The van der Waals surface area contributed by atoms with Crippen molar-refractivity contribution in [1.82, 2.24) is 5.43 Å². The predicted molar refractivity (Wildman–Crippen MR) is 143 cm³/mol. The highest BCUT2D eigenvalue weighted by Crippen LogP contribution is 2.28. The number of aryl methyl sites for hydroxylation is 1. The number of nitrogens with one attached hydrogen (secondary N) is 3. The topological polar surface area (TPSA) is 118 Å². The summed E-state index contributed by atoms with van der Waals surface area (Å²) in [4.78, 5) is 36.3. The Labute approximate surface area is 224 Å². The molecule has 3 amide bonds. The number of hydrogen-bond donors (Lipinski definition) is 3. The molecule has 0 unspecified atom stereocenters. The molecule has 9 nitrogen and oxygen atoms in total. The van der Waals surface area contributed by atoms with E-state index in [1.54, 1.807) is 49.4 Å². The molecule has 0 spiro atoms. The molecule has 198 valence electrons. The van der Waals surface area contributed by atoms with E-state index in [1.165, 1.54) is 24.4 Å². The zero-order valence-electron chi connectivity index (χ0n) is 20.7. The molecular formula is C27H26ClFN4O5.